The summed E-state index contributed by atoms with van der Waals surface area (Å²) in [6.07, 6.45) is 1.94. The summed E-state index contributed by atoms with van der Waals surface area (Å²) in [6, 6.07) is 15.0. The van der Waals surface area contributed by atoms with Crippen LogP contribution >= 0.6 is 0 Å². The second-order valence-corrected chi connectivity index (χ2v) is 5.12. The Labute approximate surface area is 119 Å². The minimum atomic E-state index is 0.850. The van der Waals surface area contributed by atoms with Crippen molar-refractivity contribution in [3.8, 4) is 0 Å². The van der Waals surface area contributed by atoms with Crippen LogP contribution in [0.15, 0.2) is 48.7 Å². The van der Waals surface area contributed by atoms with Crippen LogP contribution in [0.1, 0.15) is 16.8 Å². The van der Waals surface area contributed by atoms with Crippen molar-refractivity contribution < 1.29 is 0 Å². The molecule has 0 aliphatic rings. The van der Waals surface area contributed by atoms with Crippen LogP contribution < -0.4 is 5.32 Å². The van der Waals surface area contributed by atoms with E-state index in [-0.39, 0.29) is 0 Å². The maximum atomic E-state index is 4.27. The fraction of sp³-hybridized carbons (Fsp3) is 0.235. The molecule has 1 N–H and O–H groups in total. The fourth-order valence-corrected chi connectivity index (χ4v) is 2.50. The number of nitrogens with one attached hydrogen (secondary N) is 1. The van der Waals surface area contributed by atoms with E-state index in [1.54, 1.807) is 0 Å². The Morgan fingerprint density at radius 2 is 1.75 bits per heavy atom. The Bertz CT molecular complexity index is 723. The van der Waals surface area contributed by atoms with Gasteiger partial charge in [-0.2, -0.15) is 5.10 Å². The van der Waals surface area contributed by atoms with E-state index in [2.05, 4.69) is 59.8 Å². The number of aryl methyl sites for hydroxylation is 1. The first-order valence-electron chi connectivity index (χ1n) is 6.90. The van der Waals surface area contributed by atoms with E-state index in [1.165, 1.54) is 27.6 Å². The Kier molecular flexibility index (Phi) is 3.52. The van der Waals surface area contributed by atoms with Crippen molar-refractivity contribution in [2.45, 2.75) is 20.0 Å². The third kappa shape index (κ3) is 2.45. The van der Waals surface area contributed by atoms with Crippen LogP contribution in [0.4, 0.5) is 0 Å². The molecule has 2 aromatic carbocycles. The first-order chi connectivity index (χ1) is 9.75. The van der Waals surface area contributed by atoms with Gasteiger partial charge < -0.3 is 5.32 Å². The molecule has 0 aliphatic heterocycles. The lowest BCUT2D eigenvalue weighted by molar-refractivity contribution is 0.687. The molecule has 3 rings (SSSR count). The summed E-state index contributed by atoms with van der Waals surface area (Å²) in [5, 5.41) is 10.4. The first-order valence-corrected chi connectivity index (χ1v) is 6.90. The van der Waals surface area contributed by atoms with Gasteiger partial charge >= 0.3 is 0 Å². The highest BCUT2D eigenvalue weighted by Crippen LogP contribution is 2.18. The van der Waals surface area contributed by atoms with E-state index in [0.29, 0.717) is 0 Å². The van der Waals surface area contributed by atoms with Crippen molar-refractivity contribution in [2.75, 3.05) is 0 Å². The Morgan fingerprint density at radius 1 is 1.00 bits per heavy atom. The average molecular weight is 265 g/mol. The van der Waals surface area contributed by atoms with E-state index in [9.17, 15) is 0 Å². The standard InChI is InChI=1S/C17H19N3/c1-13-16(12-19-20(13)2)11-18-10-15-8-5-7-14-6-3-4-9-17(14)15/h3-9,12,18H,10-11H2,1-2H3. The molecule has 0 bridgehead atoms. The molecule has 20 heavy (non-hydrogen) atoms. The zero-order chi connectivity index (χ0) is 13.9. The number of hydrogen-bond donors (Lipinski definition) is 1. The normalized spacial score (nSPS) is 11.1. The molecule has 0 unspecified atom stereocenters. The highest BCUT2D eigenvalue weighted by molar-refractivity contribution is 5.85. The SMILES string of the molecule is Cc1c(CNCc2cccc3ccccc23)cnn1C. The Hall–Kier alpha value is -2.13. The van der Waals surface area contributed by atoms with E-state index in [0.717, 1.165) is 13.1 Å². The van der Waals surface area contributed by atoms with Gasteiger partial charge in [0.1, 0.15) is 0 Å². The molecule has 0 aliphatic carbocycles. The van der Waals surface area contributed by atoms with Crippen LogP contribution in [0.5, 0.6) is 0 Å². The highest BCUT2D eigenvalue weighted by atomic mass is 15.3. The van der Waals surface area contributed by atoms with Crippen LogP contribution in [0.3, 0.4) is 0 Å². The maximum Gasteiger partial charge on any atom is 0.0537 e. The lowest BCUT2D eigenvalue weighted by Gasteiger charge is -2.08. The van der Waals surface area contributed by atoms with Gasteiger partial charge in [-0.25, -0.2) is 0 Å². The molecular formula is C17H19N3. The molecular weight excluding hydrogens is 246 g/mol. The molecule has 3 nitrogen and oxygen atoms in total. The smallest absolute Gasteiger partial charge is 0.0537 e. The third-order valence-electron chi connectivity index (χ3n) is 3.85. The second kappa shape index (κ2) is 5.47. The van der Waals surface area contributed by atoms with E-state index in [1.807, 2.05) is 17.9 Å². The summed E-state index contributed by atoms with van der Waals surface area (Å²) < 4.78 is 1.91. The molecule has 3 aromatic rings. The van der Waals surface area contributed by atoms with Crippen molar-refractivity contribution in [2.24, 2.45) is 7.05 Å². The van der Waals surface area contributed by atoms with Gasteiger partial charge in [0.05, 0.1) is 6.20 Å². The lowest BCUT2D eigenvalue weighted by atomic mass is 10.0. The van der Waals surface area contributed by atoms with Crippen LogP contribution in [0.2, 0.25) is 0 Å². The molecule has 0 atom stereocenters. The zero-order valence-corrected chi connectivity index (χ0v) is 11.9. The van der Waals surface area contributed by atoms with Crippen molar-refractivity contribution >= 4 is 10.8 Å². The largest absolute Gasteiger partial charge is 0.308 e. The maximum absolute atomic E-state index is 4.27. The predicted molar refractivity (Wildman–Crippen MR) is 82.4 cm³/mol. The molecule has 0 fully saturated rings. The molecule has 3 heteroatoms. The number of hydrogen-bond acceptors (Lipinski definition) is 2. The predicted octanol–water partition coefficient (Wildman–Crippen LogP) is 3.17. The minimum Gasteiger partial charge on any atom is -0.308 e. The molecule has 0 amide bonds. The fourth-order valence-electron chi connectivity index (χ4n) is 2.50. The van der Waals surface area contributed by atoms with Gasteiger partial charge in [0, 0.05) is 31.4 Å². The lowest BCUT2D eigenvalue weighted by Crippen LogP contribution is -2.13. The first kappa shape index (κ1) is 12.9. The average Bonchev–Trinajstić information content (AvgIpc) is 2.79. The Balaban J connectivity index is 1.73. The monoisotopic (exact) mass is 265 g/mol. The van der Waals surface area contributed by atoms with Crippen molar-refractivity contribution in [3.63, 3.8) is 0 Å². The molecule has 0 saturated heterocycles. The number of fused-ring (bicyclic) bond motifs is 1. The summed E-state index contributed by atoms with van der Waals surface area (Å²) in [5.74, 6) is 0. The third-order valence-corrected chi connectivity index (χ3v) is 3.85. The summed E-state index contributed by atoms with van der Waals surface area (Å²) in [4.78, 5) is 0. The van der Waals surface area contributed by atoms with E-state index in [4.69, 9.17) is 0 Å². The number of nitrogens with zero attached hydrogens (tertiary/aromatic N) is 2. The summed E-state index contributed by atoms with van der Waals surface area (Å²) >= 11 is 0. The van der Waals surface area contributed by atoms with E-state index < -0.39 is 0 Å². The molecule has 0 spiro atoms. The Morgan fingerprint density at radius 3 is 2.55 bits per heavy atom. The summed E-state index contributed by atoms with van der Waals surface area (Å²) in [7, 11) is 1.98. The van der Waals surface area contributed by atoms with Crippen molar-refractivity contribution in [3.05, 3.63) is 65.5 Å². The van der Waals surface area contributed by atoms with Crippen molar-refractivity contribution in [1.29, 1.82) is 0 Å². The molecule has 1 heterocycles. The van der Waals surface area contributed by atoms with Gasteiger partial charge in [-0.05, 0) is 23.3 Å². The second-order valence-electron chi connectivity index (χ2n) is 5.12. The minimum absolute atomic E-state index is 0.850. The molecule has 0 radical (unpaired) electrons. The molecule has 0 saturated carbocycles. The summed E-state index contributed by atoms with van der Waals surface area (Å²) in [5.41, 5.74) is 3.81. The zero-order valence-electron chi connectivity index (χ0n) is 11.9. The van der Waals surface area contributed by atoms with Crippen LogP contribution in [-0.2, 0) is 20.1 Å². The number of benzene rings is 2. The van der Waals surface area contributed by atoms with Gasteiger partial charge in [0.25, 0.3) is 0 Å². The van der Waals surface area contributed by atoms with Crippen LogP contribution in [0, 0.1) is 6.92 Å². The molecule has 102 valence electrons. The topological polar surface area (TPSA) is 29.9 Å². The van der Waals surface area contributed by atoms with Gasteiger partial charge in [0.2, 0.25) is 0 Å². The van der Waals surface area contributed by atoms with Crippen molar-refractivity contribution in [1.82, 2.24) is 15.1 Å². The highest BCUT2D eigenvalue weighted by Gasteiger charge is 2.04. The van der Waals surface area contributed by atoms with Crippen LogP contribution in [-0.4, -0.2) is 9.78 Å². The van der Waals surface area contributed by atoms with Gasteiger partial charge in [-0.1, -0.05) is 42.5 Å². The quantitative estimate of drug-likeness (QED) is 0.785. The van der Waals surface area contributed by atoms with Gasteiger partial charge in [-0.15, -0.1) is 0 Å². The van der Waals surface area contributed by atoms with Gasteiger partial charge in [-0.3, -0.25) is 4.68 Å². The summed E-state index contributed by atoms with van der Waals surface area (Å²) in [6.45, 7) is 3.82. The van der Waals surface area contributed by atoms with Gasteiger partial charge in [0.15, 0.2) is 0 Å². The molecule has 1 aromatic heterocycles. The number of aromatic nitrogens is 2. The number of rotatable bonds is 4. The van der Waals surface area contributed by atoms with E-state index >= 15 is 0 Å². The van der Waals surface area contributed by atoms with Crippen LogP contribution in [0.25, 0.3) is 10.8 Å².